The molecule has 112 valence electrons. The van der Waals surface area contributed by atoms with Crippen LogP contribution in [0.3, 0.4) is 0 Å². The van der Waals surface area contributed by atoms with Crippen molar-refractivity contribution in [2.45, 2.75) is 44.6 Å². The van der Waals surface area contributed by atoms with Crippen LogP contribution < -0.4 is 10.1 Å². The third-order valence-electron chi connectivity index (χ3n) is 4.80. The molecular weight excluding hydrogens is 250 g/mol. The SMILES string of the molecule is CCc1ccc(OCCC2CCCC2(CO)NC)cc1. The summed E-state index contributed by atoms with van der Waals surface area (Å²) in [6.07, 6.45) is 5.49. The number of aryl methyl sites for hydroxylation is 1. The van der Waals surface area contributed by atoms with Crippen LogP contribution in [-0.2, 0) is 6.42 Å². The van der Waals surface area contributed by atoms with Crippen molar-refractivity contribution >= 4 is 0 Å². The lowest BCUT2D eigenvalue weighted by Crippen LogP contribution is -2.49. The molecule has 1 saturated carbocycles. The summed E-state index contributed by atoms with van der Waals surface area (Å²) in [6, 6.07) is 8.34. The van der Waals surface area contributed by atoms with Gasteiger partial charge in [0.2, 0.25) is 0 Å². The number of aliphatic hydroxyl groups excluding tert-OH is 1. The lowest BCUT2D eigenvalue weighted by molar-refractivity contribution is 0.117. The van der Waals surface area contributed by atoms with Crippen molar-refractivity contribution in [2.24, 2.45) is 5.92 Å². The Hall–Kier alpha value is -1.06. The van der Waals surface area contributed by atoms with Crippen molar-refractivity contribution in [3.05, 3.63) is 29.8 Å². The quantitative estimate of drug-likeness (QED) is 0.805. The molecule has 0 radical (unpaired) electrons. The van der Waals surface area contributed by atoms with Crippen molar-refractivity contribution in [1.29, 1.82) is 0 Å². The normalized spacial score (nSPS) is 25.9. The van der Waals surface area contributed by atoms with Crippen LogP contribution in [0.5, 0.6) is 5.75 Å². The molecule has 2 unspecified atom stereocenters. The molecule has 0 bridgehead atoms. The Balaban J connectivity index is 1.82. The standard InChI is InChI=1S/C17H27NO2/c1-3-14-6-8-16(9-7-14)20-12-10-15-5-4-11-17(15,13-19)18-2/h6-9,15,18-19H,3-5,10-13H2,1-2H3. The lowest BCUT2D eigenvalue weighted by atomic mass is 9.86. The molecule has 3 heteroatoms. The van der Waals surface area contributed by atoms with Crippen LogP contribution in [0, 0.1) is 5.92 Å². The van der Waals surface area contributed by atoms with Gasteiger partial charge in [-0.05, 0) is 56.3 Å². The predicted octanol–water partition coefficient (Wildman–Crippen LogP) is 2.77. The van der Waals surface area contributed by atoms with Gasteiger partial charge in [-0.2, -0.15) is 0 Å². The summed E-state index contributed by atoms with van der Waals surface area (Å²) < 4.78 is 5.84. The lowest BCUT2D eigenvalue weighted by Gasteiger charge is -2.33. The molecule has 0 spiro atoms. The van der Waals surface area contributed by atoms with Gasteiger partial charge in [0, 0.05) is 5.54 Å². The van der Waals surface area contributed by atoms with E-state index >= 15 is 0 Å². The van der Waals surface area contributed by atoms with Crippen LogP contribution in [0.2, 0.25) is 0 Å². The van der Waals surface area contributed by atoms with Gasteiger partial charge in [0.1, 0.15) is 5.75 Å². The summed E-state index contributed by atoms with van der Waals surface area (Å²) in [5.41, 5.74) is 1.25. The number of benzene rings is 1. The fourth-order valence-corrected chi connectivity index (χ4v) is 3.32. The molecular formula is C17H27NO2. The summed E-state index contributed by atoms with van der Waals surface area (Å²) in [7, 11) is 1.96. The average molecular weight is 277 g/mol. The molecule has 1 fully saturated rings. The van der Waals surface area contributed by atoms with E-state index in [1.807, 2.05) is 19.2 Å². The van der Waals surface area contributed by atoms with E-state index in [-0.39, 0.29) is 12.1 Å². The van der Waals surface area contributed by atoms with Crippen LogP contribution in [0.15, 0.2) is 24.3 Å². The average Bonchev–Trinajstić information content (AvgIpc) is 2.91. The molecule has 2 rings (SSSR count). The molecule has 1 aliphatic carbocycles. The van der Waals surface area contributed by atoms with Gasteiger partial charge < -0.3 is 15.2 Å². The summed E-state index contributed by atoms with van der Waals surface area (Å²) in [6.45, 7) is 3.10. The van der Waals surface area contributed by atoms with Gasteiger partial charge in [-0.1, -0.05) is 25.5 Å². The van der Waals surface area contributed by atoms with Gasteiger partial charge in [-0.25, -0.2) is 0 Å². The third-order valence-corrected chi connectivity index (χ3v) is 4.80. The molecule has 3 nitrogen and oxygen atoms in total. The Labute approximate surface area is 122 Å². The summed E-state index contributed by atoms with van der Waals surface area (Å²) in [5, 5.41) is 13.0. The van der Waals surface area contributed by atoms with Gasteiger partial charge in [-0.3, -0.25) is 0 Å². The first-order chi connectivity index (χ1) is 9.74. The van der Waals surface area contributed by atoms with Crippen LogP contribution in [0.4, 0.5) is 0 Å². The minimum Gasteiger partial charge on any atom is -0.494 e. The largest absolute Gasteiger partial charge is 0.494 e. The summed E-state index contributed by atoms with van der Waals surface area (Å²) in [5.74, 6) is 1.45. The van der Waals surface area contributed by atoms with Crippen LogP contribution in [0.1, 0.15) is 38.2 Å². The van der Waals surface area contributed by atoms with E-state index < -0.39 is 0 Å². The van der Waals surface area contributed by atoms with E-state index in [0.29, 0.717) is 5.92 Å². The first kappa shape index (κ1) is 15.3. The Morgan fingerprint density at radius 3 is 2.70 bits per heavy atom. The second-order valence-electron chi connectivity index (χ2n) is 5.79. The first-order valence-corrected chi connectivity index (χ1v) is 7.75. The molecule has 2 atom stereocenters. The molecule has 0 amide bonds. The second-order valence-corrected chi connectivity index (χ2v) is 5.79. The molecule has 1 aromatic rings. The minimum absolute atomic E-state index is 0.0879. The highest BCUT2D eigenvalue weighted by Crippen LogP contribution is 2.37. The topological polar surface area (TPSA) is 41.5 Å². The van der Waals surface area contributed by atoms with Crippen molar-refractivity contribution in [3.63, 3.8) is 0 Å². The van der Waals surface area contributed by atoms with E-state index in [2.05, 4.69) is 24.4 Å². The summed E-state index contributed by atoms with van der Waals surface area (Å²) in [4.78, 5) is 0. The fraction of sp³-hybridized carbons (Fsp3) is 0.647. The molecule has 0 heterocycles. The van der Waals surface area contributed by atoms with Gasteiger partial charge in [0.05, 0.1) is 13.2 Å². The van der Waals surface area contributed by atoms with Crippen molar-refractivity contribution in [1.82, 2.24) is 5.32 Å². The zero-order chi connectivity index (χ0) is 14.4. The van der Waals surface area contributed by atoms with Gasteiger partial charge in [0.25, 0.3) is 0 Å². The highest BCUT2D eigenvalue weighted by Gasteiger charge is 2.40. The molecule has 0 aliphatic heterocycles. The first-order valence-electron chi connectivity index (χ1n) is 7.75. The number of rotatable bonds is 7. The molecule has 2 N–H and O–H groups in total. The minimum atomic E-state index is -0.0879. The molecule has 0 aromatic heterocycles. The Morgan fingerprint density at radius 1 is 1.35 bits per heavy atom. The second kappa shape index (κ2) is 7.09. The number of ether oxygens (including phenoxy) is 1. The maximum atomic E-state index is 9.66. The van der Waals surface area contributed by atoms with Gasteiger partial charge in [-0.15, -0.1) is 0 Å². The van der Waals surface area contributed by atoms with E-state index in [9.17, 15) is 5.11 Å². The molecule has 1 aliphatic rings. The van der Waals surface area contributed by atoms with Crippen molar-refractivity contribution in [3.8, 4) is 5.75 Å². The van der Waals surface area contributed by atoms with Crippen LogP contribution in [-0.4, -0.2) is 30.9 Å². The smallest absolute Gasteiger partial charge is 0.119 e. The predicted molar refractivity (Wildman–Crippen MR) is 82.1 cm³/mol. The number of nitrogens with one attached hydrogen (secondary N) is 1. The number of hydrogen-bond donors (Lipinski definition) is 2. The van der Waals surface area contributed by atoms with E-state index in [1.54, 1.807) is 0 Å². The van der Waals surface area contributed by atoms with Gasteiger partial charge >= 0.3 is 0 Å². The van der Waals surface area contributed by atoms with Gasteiger partial charge in [0.15, 0.2) is 0 Å². The van der Waals surface area contributed by atoms with Crippen molar-refractivity contribution in [2.75, 3.05) is 20.3 Å². The Kier molecular flexibility index (Phi) is 5.44. The Morgan fingerprint density at radius 2 is 2.10 bits per heavy atom. The fourth-order valence-electron chi connectivity index (χ4n) is 3.32. The Bertz CT molecular complexity index is 398. The van der Waals surface area contributed by atoms with E-state index in [4.69, 9.17) is 4.74 Å². The third kappa shape index (κ3) is 3.33. The monoisotopic (exact) mass is 277 g/mol. The molecule has 20 heavy (non-hydrogen) atoms. The maximum absolute atomic E-state index is 9.66. The number of hydrogen-bond acceptors (Lipinski definition) is 3. The highest BCUT2D eigenvalue weighted by atomic mass is 16.5. The van der Waals surface area contributed by atoms with Crippen LogP contribution >= 0.6 is 0 Å². The van der Waals surface area contributed by atoms with Crippen molar-refractivity contribution < 1.29 is 9.84 Å². The van der Waals surface area contributed by atoms with E-state index in [0.717, 1.165) is 31.6 Å². The van der Waals surface area contributed by atoms with Crippen LogP contribution in [0.25, 0.3) is 0 Å². The zero-order valence-electron chi connectivity index (χ0n) is 12.7. The van der Waals surface area contributed by atoms with E-state index in [1.165, 1.54) is 18.4 Å². The molecule has 1 aromatic carbocycles. The number of aliphatic hydroxyl groups is 1. The maximum Gasteiger partial charge on any atom is 0.119 e. The summed E-state index contributed by atoms with van der Waals surface area (Å²) >= 11 is 0. The highest BCUT2D eigenvalue weighted by molar-refractivity contribution is 5.27. The molecule has 0 saturated heterocycles. The zero-order valence-corrected chi connectivity index (χ0v) is 12.7. The number of likely N-dealkylation sites (N-methyl/N-ethyl adjacent to an activating group) is 1.